The molecule has 0 radical (unpaired) electrons. The van der Waals surface area contributed by atoms with Gasteiger partial charge in [0.25, 0.3) is 10.0 Å². The summed E-state index contributed by atoms with van der Waals surface area (Å²) in [7, 11) is -3.84. The molecule has 2 N–H and O–H groups in total. The molecule has 5 nitrogen and oxygen atoms in total. The van der Waals surface area contributed by atoms with Crippen molar-refractivity contribution < 1.29 is 12.8 Å². The Labute approximate surface area is 152 Å². The van der Waals surface area contributed by atoms with E-state index < -0.39 is 15.8 Å². The summed E-state index contributed by atoms with van der Waals surface area (Å²) < 4.78 is 40.5. The van der Waals surface area contributed by atoms with Crippen molar-refractivity contribution in [2.45, 2.75) is 18.7 Å². The fraction of sp³-hybridized carbons (Fsp3) is 0.105. The smallest absolute Gasteiger partial charge is 0.263 e. The molecule has 0 aliphatic heterocycles. The largest absolute Gasteiger partial charge is 0.354 e. The summed E-state index contributed by atoms with van der Waals surface area (Å²) >= 11 is 0. The summed E-state index contributed by atoms with van der Waals surface area (Å²) in [6.45, 7) is 3.54. The number of aromatic nitrogens is 1. The minimum absolute atomic E-state index is 0.0164. The van der Waals surface area contributed by atoms with Gasteiger partial charge in [-0.25, -0.2) is 17.8 Å². The van der Waals surface area contributed by atoms with Gasteiger partial charge in [0, 0.05) is 5.69 Å². The van der Waals surface area contributed by atoms with E-state index in [0.717, 1.165) is 23.0 Å². The van der Waals surface area contributed by atoms with Crippen molar-refractivity contribution >= 4 is 27.2 Å². The third-order valence-corrected chi connectivity index (χ3v) is 5.25. The van der Waals surface area contributed by atoms with Crippen LogP contribution in [0.1, 0.15) is 11.1 Å². The van der Waals surface area contributed by atoms with Crippen molar-refractivity contribution in [3.63, 3.8) is 0 Å². The number of nitrogens with one attached hydrogen (secondary N) is 2. The monoisotopic (exact) mass is 371 g/mol. The number of hydrogen-bond acceptors (Lipinski definition) is 4. The summed E-state index contributed by atoms with van der Waals surface area (Å²) in [4.78, 5) is 4.14. The molecule has 7 heteroatoms. The fourth-order valence-corrected chi connectivity index (χ4v) is 3.76. The van der Waals surface area contributed by atoms with Crippen molar-refractivity contribution in [2.75, 3.05) is 10.0 Å². The van der Waals surface area contributed by atoms with Crippen LogP contribution in [0.5, 0.6) is 0 Å². The number of pyridine rings is 1. The van der Waals surface area contributed by atoms with Gasteiger partial charge in [0.1, 0.15) is 11.6 Å². The molecule has 0 spiro atoms. The zero-order valence-corrected chi connectivity index (χ0v) is 15.1. The molecule has 3 rings (SSSR count). The number of hydrogen-bond donors (Lipinski definition) is 2. The van der Waals surface area contributed by atoms with E-state index in [1.165, 1.54) is 18.3 Å². The maximum atomic E-state index is 13.2. The van der Waals surface area contributed by atoms with Gasteiger partial charge >= 0.3 is 0 Å². The molecule has 0 saturated heterocycles. The molecule has 0 aliphatic carbocycles. The third kappa shape index (κ3) is 4.18. The fourth-order valence-electron chi connectivity index (χ4n) is 2.52. The van der Waals surface area contributed by atoms with E-state index in [1.54, 1.807) is 19.1 Å². The zero-order chi connectivity index (χ0) is 18.7. The van der Waals surface area contributed by atoms with Crippen LogP contribution >= 0.6 is 0 Å². The predicted molar refractivity (Wildman–Crippen MR) is 101 cm³/mol. The van der Waals surface area contributed by atoms with E-state index in [-0.39, 0.29) is 10.7 Å². The van der Waals surface area contributed by atoms with Crippen LogP contribution in [0.25, 0.3) is 0 Å². The van der Waals surface area contributed by atoms with Crippen LogP contribution in [0.3, 0.4) is 0 Å². The molecule has 0 bridgehead atoms. The Bertz CT molecular complexity index is 1030. The van der Waals surface area contributed by atoms with E-state index in [0.29, 0.717) is 5.56 Å². The van der Waals surface area contributed by atoms with Gasteiger partial charge in [0.2, 0.25) is 0 Å². The molecule has 26 heavy (non-hydrogen) atoms. The number of anilines is 3. The Morgan fingerprint density at radius 3 is 2.42 bits per heavy atom. The number of rotatable bonds is 5. The van der Waals surface area contributed by atoms with Crippen LogP contribution in [0.4, 0.5) is 21.6 Å². The lowest BCUT2D eigenvalue weighted by Crippen LogP contribution is -2.15. The minimum Gasteiger partial charge on any atom is -0.354 e. The first-order valence-electron chi connectivity index (χ1n) is 7.92. The third-order valence-electron chi connectivity index (χ3n) is 3.74. The summed E-state index contributed by atoms with van der Waals surface area (Å²) in [6.07, 6.45) is 1.54. The number of aryl methyl sites for hydroxylation is 2. The molecule has 0 atom stereocenters. The lowest BCUT2D eigenvalue weighted by molar-refractivity contribution is 0.598. The summed E-state index contributed by atoms with van der Waals surface area (Å²) in [6, 6.07) is 14.7. The van der Waals surface area contributed by atoms with Crippen molar-refractivity contribution in [1.29, 1.82) is 0 Å². The minimum atomic E-state index is -3.84. The zero-order valence-electron chi connectivity index (χ0n) is 14.3. The topological polar surface area (TPSA) is 71.1 Å². The van der Waals surface area contributed by atoms with Crippen molar-refractivity contribution in [3.8, 4) is 0 Å². The molecular weight excluding hydrogens is 353 g/mol. The maximum Gasteiger partial charge on any atom is 0.263 e. The van der Waals surface area contributed by atoms with Crippen molar-refractivity contribution in [3.05, 3.63) is 77.7 Å². The van der Waals surface area contributed by atoms with E-state index in [2.05, 4.69) is 15.0 Å². The lowest BCUT2D eigenvalue weighted by Gasteiger charge is -2.11. The first-order valence-corrected chi connectivity index (χ1v) is 9.40. The van der Waals surface area contributed by atoms with E-state index in [1.807, 2.05) is 31.2 Å². The molecule has 2 aromatic carbocycles. The van der Waals surface area contributed by atoms with Crippen LogP contribution in [0.15, 0.2) is 65.7 Å². The molecule has 0 saturated carbocycles. The second-order valence-electron chi connectivity index (χ2n) is 5.94. The summed E-state index contributed by atoms with van der Waals surface area (Å²) in [5.41, 5.74) is 3.11. The second kappa shape index (κ2) is 7.13. The predicted octanol–water partition coefficient (Wildman–Crippen LogP) is 4.38. The molecule has 0 aliphatic rings. The SMILES string of the molecule is Cc1cccc(Nc2ccc(NS(=O)(=O)c3ccc(F)cc3C)nc2)c1. The van der Waals surface area contributed by atoms with Gasteiger partial charge in [-0.3, -0.25) is 4.72 Å². The first-order chi connectivity index (χ1) is 12.3. The van der Waals surface area contributed by atoms with Crippen LogP contribution in [0, 0.1) is 19.7 Å². The number of benzene rings is 2. The molecule has 1 heterocycles. The van der Waals surface area contributed by atoms with Gasteiger partial charge in [-0.05, 0) is 67.4 Å². The Balaban J connectivity index is 1.76. The molecule has 0 fully saturated rings. The Kier molecular flexibility index (Phi) is 4.90. The quantitative estimate of drug-likeness (QED) is 0.698. The van der Waals surface area contributed by atoms with E-state index in [9.17, 15) is 12.8 Å². The van der Waals surface area contributed by atoms with Crippen LogP contribution in [-0.4, -0.2) is 13.4 Å². The highest BCUT2D eigenvalue weighted by Crippen LogP contribution is 2.21. The number of sulfonamides is 1. The maximum absolute atomic E-state index is 13.2. The van der Waals surface area contributed by atoms with Crippen molar-refractivity contribution in [2.24, 2.45) is 0 Å². The highest BCUT2D eigenvalue weighted by Gasteiger charge is 2.17. The van der Waals surface area contributed by atoms with Crippen molar-refractivity contribution in [1.82, 2.24) is 4.98 Å². The molecular formula is C19H18FN3O2S. The normalized spacial score (nSPS) is 11.2. The van der Waals surface area contributed by atoms with Gasteiger partial charge in [0.15, 0.2) is 0 Å². The Morgan fingerprint density at radius 2 is 1.77 bits per heavy atom. The number of halogens is 1. The number of nitrogens with zero attached hydrogens (tertiary/aromatic N) is 1. The van der Waals surface area contributed by atoms with Gasteiger partial charge in [0.05, 0.1) is 16.8 Å². The van der Waals surface area contributed by atoms with Gasteiger partial charge in [-0.1, -0.05) is 12.1 Å². The molecule has 3 aromatic rings. The molecule has 0 amide bonds. The van der Waals surface area contributed by atoms with E-state index >= 15 is 0 Å². The van der Waals surface area contributed by atoms with Crippen LogP contribution in [-0.2, 0) is 10.0 Å². The van der Waals surface area contributed by atoms with Crippen LogP contribution in [0.2, 0.25) is 0 Å². The van der Waals surface area contributed by atoms with E-state index in [4.69, 9.17) is 0 Å². The average molecular weight is 371 g/mol. The first kappa shape index (κ1) is 17.9. The molecule has 134 valence electrons. The average Bonchev–Trinajstić information content (AvgIpc) is 2.56. The lowest BCUT2D eigenvalue weighted by atomic mass is 10.2. The molecule has 1 aromatic heterocycles. The van der Waals surface area contributed by atoms with Gasteiger partial charge in [-0.15, -0.1) is 0 Å². The highest BCUT2D eigenvalue weighted by molar-refractivity contribution is 7.92. The molecule has 0 unspecified atom stereocenters. The second-order valence-corrected chi connectivity index (χ2v) is 7.59. The highest BCUT2D eigenvalue weighted by atomic mass is 32.2. The van der Waals surface area contributed by atoms with Gasteiger partial charge < -0.3 is 5.32 Å². The van der Waals surface area contributed by atoms with Crippen LogP contribution < -0.4 is 10.0 Å². The van der Waals surface area contributed by atoms with Gasteiger partial charge in [-0.2, -0.15) is 0 Å². The summed E-state index contributed by atoms with van der Waals surface area (Å²) in [5, 5.41) is 3.20. The standard InChI is InChI=1S/C19H18FN3O2S/c1-13-4-3-5-16(10-13)22-17-7-9-19(21-12-17)23-26(24,25)18-8-6-15(20)11-14(18)2/h3-12,22H,1-2H3,(H,21,23). The Hall–Kier alpha value is -2.93. The Morgan fingerprint density at radius 1 is 0.962 bits per heavy atom. The summed E-state index contributed by atoms with van der Waals surface area (Å²) in [5.74, 6) is -0.297.